The molecule has 0 aliphatic heterocycles. The van der Waals surface area contributed by atoms with E-state index in [2.05, 4.69) is 15.2 Å². The number of hydrogen-bond donors (Lipinski definition) is 0. The summed E-state index contributed by atoms with van der Waals surface area (Å²) in [5.74, 6) is 2.49. The van der Waals surface area contributed by atoms with Gasteiger partial charge in [-0.3, -0.25) is 4.98 Å². The number of rotatable bonds is 4. The maximum Gasteiger partial charge on any atom is 0.276 e. The van der Waals surface area contributed by atoms with Crippen molar-refractivity contribution in [1.29, 1.82) is 0 Å². The summed E-state index contributed by atoms with van der Waals surface area (Å²) in [5, 5.41) is 8.87. The van der Waals surface area contributed by atoms with E-state index in [1.165, 1.54) is 32.1 Å². The van der Waals surface area contributed by atoms with Crippen LogP contribution in [0, 0.1) is 5.92 Å². The Balaban J connectivity index is 1.59. The summed E-state index contributed by atoms with van der Waals surface area (Å²) in [7, 11) is 0. The molecule has 1 fully saturated rings. The van der Waals surface area contributed by atoms with Crippen LogP contribution in [0.1, 0.15) is 32.1 Å². The number of thioether (sulfide) groups is 1. The second-order valence-electron chi connectivity index (χ2n) is 4.92. The first-order valence-electron chi connectivity index (χ1n) is 6.78. The smallest absolute Gasteiger partial charge is 0.276 e. The Hall–Kier alpha value is -1.36. The molecule has 4 nitrogen and oxygen atoms in total. The van der Waals surface area contributed by atoms with E-state index >= 15 is 0 Å². The molecular weight excluding hydrogens is 258 g/mol. The van der Waals surface area contributed by atoms with Gasteiger partial charge in [-0.05, 0) is 30.9 Å². The second-order valence-corrected chi connectivity index (χ2v) is 5.90. The monoisotopic (exact) mass is 275 g/mol. The second kappa shape index (κ2) is 6.19. The maximum atomic E-state index is 5.67. The molecule has 100 valence electrons. The fourth-order valence-corrected chi connectivity index (χ4v) is 3.37. The van der Waals surface area contributed by atoms with Gasteiger partial charge in [-0.15, -0.1) is 10.2 Å². The van der Waals surface area contributed by atoms with Crippen LogP contribution in [-0.2, 0) is 0 Å². The minimum Gasteiger partial charge on any atom is -0.411 e. The van der Waals surface area contributed by atoms with Crippen LogP contribution in [0.3, 0.4) is 0 Å². The summed E-state index contributed by atoms with van der Waals surface area (Å²) in [5.41, 5.74) is 0.923. The van der Waals surface area contributed by atoms with Crippen molar-refractivity contribution in [1.82, 2.24) is 15.2 Å². The van der Waals surface area contributed by atoms with E-state index in [1.807, 2.05) is 12.1 Å². The molecule has 3 rings (SSSR count). The lowest BCUT2D eigenvalue weighted by Gasteiger charge is -2.19. The zero-order chi connectivity index (χ0) is 12.9. The Labute approximate surface area is 117 Å². The summed E-state index contributed by atoms with van der Waals surface area (Å²) in [4.78, 5) is 3.98. The molecule has 0 bridgehead atoms. The Morgan fingerprint density at radius 3 is 2.68 bits per heavy atom. The molecule has 1 saturated carbocycles. The molecule has 2 aromatic rings. The molecular formula is C14H17N3OS. The lowest BCUT2D eigenvalue weighted by Crippen LogP contribution is -2.08. The van der Waals surface area contributed by atoms with Crippen molar-refractivity contribution < 1.29 is 4.42 Å². The molecule has 5 heteroatoms. The van der Waals surface area contributed by atoms with Gasteiger partial charge in [-0.2, -0.15) is 0 Å². The molecule has 0 N–H and O–H groups in total. The first-order chi connectivity index (χ1) is 9.42. The van der Waals surface area contributed by atoms with E-state index in [0.29, 0.717) is 11.1 Å². The molecule has 0 radical (unpaired) electrons. The Kier molecular flexibility index (Phi) is 4.13. The summed E-state index contributed by atoms with van der Waals surface area (Å²) in [6.45, 7) is 0. The van der Waals surface area contributed by atoms with Crippen molar-refractivity contribution in [2.45, 2.75) is 37.3 Å². The molecule has 0 aromatic carbocycles. The van der Waals surface area contributed by atoms with E-state index in [-0.39, 0.29) is 0 Å². The standard InChI is InChI=1S/C14H17N3OS/c1-2-4-11(5-3-1)10-19-14-17-16-13(18-14)12-6-8-15-9-7-12/h6-9,11H,1-5,10H2. The third-order valence-electron chi connectivity index (χ3n) is 3.50. The summed E-state index contributed by atoms with van der Waals surface area (Å²) in [6.07, 6.45) is 10.3. The van der Waals surface area contributed by atoms with Gasteiger partial charge in [0.1, 0.15) is 0 Å². The van der Waals surface area contributed by atoms with Crippen LogP contribution >= 0.6 is 11.8 Å². The number of nitrogens with zero attached hydrogens (tertiary/aromatic N) is 3. The van der Waals surface area contributed by atoms with Gasteiger partial charge in [-0.1, -0.05) is 31.0 Å². The van der Waals surface area contributed by atoms with Crippen molar-refractivity contribution in [3.63, 3.8) is 0 Å². The number of hydrogen-bond acceptors (Lipinski definition) is 5. The zero-order valence-electron chi connectivity index (χ0n) is 10.8. The third-order valence-corrected chi connectivity index (χ3v) is 4.55. The van der Waals surface area contributed by atoms with Crippen LogP contribution < -0.4 is 0 Å². The molecule has 0 amide bonds. The van der Waals surface area contributed by atoms with Crippen molar-refractivity contribution >= 4 is 11.8 Å². The van der Waals surface area contributed by atoms with Crippen LogP contribution in [0.5, 0.6) is 0 Å². The quantitative estimate of drug-likeness (QED) is 0.794. The predicted molar refractivity (Wildman–Crippen MR) is 74.8 cm³/mol. The fourth-order valence-electron chi connectivity index (χ4n) is 2.42. The highest BCUT2D eigenvalue weighted by molar-refractivity contribution is 7.99. The fraction of sp³-hybridized carbons (Fsp3) is 0.500. The average molecular weight is 275 g/mol. The molecule has 1 aliphatic carbocycles. The number of aromatic nitrogens is 3. The Morgan fingerprint density at radius 1 is 1.11 bits per heavy atom. The lowest BCUT2D eigenvalue weighted by molar-refractivity contribution is 0.389. The van der Waals surface area contributed by atoms with Crippen LogP contribution in [0.4, 0.5) is 0 Å². The summed E-state index contributed by atoms with van der Waals surface area (Å²) in [6, 6.07) is 3.76. The van der Waals surface area contributed by atoms with Gasteiger partial charge in [0.25, 0.3) is 5.22 Å². The van der Waals surface area contributed by atoms with Gasteiger partial charge in [0, 0.05) is 23.7 Å². The SMILES string of the molecule is c1cc(-c2nnc(SCC3CCCCC3)o2)ccn1. The minimum absolute atomic E-state index is 0.577. The number of pyridine rings is 1. The molecule has 0 saturated heterocycles. The summed E-state index contributed by atoms with van der Waals surface area (Å²) >= 11 is 1.69. The lowest BCUT2D eigenvalue weighted by atomic mass is 9.91. The van der Waals surface area contributed by atoms with Crippen LogP contribution in [0.15, 0.2) is 34.2 Å². The van der Waals surface area contributed by atoms with Gasteiger partial charge in [0.15, 0.2) is 0 Å². The van der Waals surface area contributed by atoms with Crippen molar-refractivity contribution in [3.8, 4) is 11.5 Å². The Morgan fingerprint density at radius 2 is 1.89 bits per heavy atom. The normalized spacial score (nSPS) is 16.6. The average Bonchev–Trinajstić information content (AvgIpc) is 2.96. The van der Waals surface area contributed by atoms with Gasteiger partial charge in [0.05, 0.1) is 0 Å². The maximum absolute atomic E-state index is 5.67. The van der Waals surface area contributed by atoms with Crippen LogP contribution in [0.25, 0.3) is 11.5 Å². The molecule has 0 spiro atoms. The highest BCUT2D eigenvalue weighted by Crippen LogP contribution is 2.30. The Bertz CT molecular complexity index is 508. The minimum atomic E-state index is 0.577. The van der Waals surface area contributed by atoms with Crippen molar-refractivity contribution in [3.05, 3.63) is 24.5 Å². The molecule has 2 aromatic heterocycles. The van der Waals surface area contributed by atoms with Gasteiger partial charge in [-0.25, -0.2) is 0 Å². The zero-order valence-corrected chi connectivity index (χ0v) is 11.6. The van der Waals surface area contributed by atoms with E-state index in [4.69, 9.17) is 4.42 Å². The molecule has 1 aliphatic rings. The first kappa shape index (κ1) is 12.7. The van der Waals surface area contributed by atoms with Crippen molar-refractivity contribution in [2.24, 2.45) is 5.92 Å². The molecule has 19 heavy (non-hydrogen) atoms. The van der Waals surface area contributed by atoms with E-state index in [0.717, 1.165) is 17.2 Å². The van der Waals surface area contributed by atoms with Gasteiger partial charge in [0.2, 0.25) is 5.89 Å². The summed E-state index contributed by atoms with van der Waals surface area (Å²) < 4.78 is 5.67. The molecule has 0 atom stereocenters. The van der Waals surface area contributed by atoms with Crippen LogP contribution in [-0.4, -0.2) is 20.9 Å². The van der Waals surface area contributed by atoms with Gasteiger partial charge < -0.3 is 4.42 Å². The molecule has 0 unspecified atom stereocenters. The van der Waals surface area contributed by atoms with E-state index in [1.54, 1.807) is 24.2 Å². The highest BCUT2D eigenvalue weighted by atomic mass is 32.2. The largest absolute Gasteiger partial charge is 0.411 e. The first-order valence-corrected chi connectivity index (χ1v) is 7.77. The van der Waals surface area contributed by atoms with Crippen molar-refractivity contribution in [2.75, 3.05) is 5.75 Å². The van der Waals surface area contributed by atoms with Crippen LogP contribution in [0.2, 0.25) is 0 Å². The third kappa shape index (κ3) is 3.35. The highest BCUT2D eigenvalue weighted by Gasteiger charge is 2.16. The van der Waals surface area contributed by atoms with Gasteiger partial charge >= 0.3 is 0 Å². The predicted octanol–water partition coefficient (Wildman–Crippen LogP) is 3.80. The van der Waals surface area contributed by atoms with E-state index < -0.39 is 0 Å². The molecule has 2 heterocycles. The van der Waals surface area contributed by atoms with E-state index in [9.17, 15) is 0 Å². The topological polar surface area (TPSA) is 51.8 Å².